The van der Waals surface area contributed by atoms with Gasteiger partial charge in [0, 0.05) is 11.8 Å². The molecule has 138 valence electrons. The molecule has 3 aromatic rings. The van der Waals surface area contributed by atoms with Gasteiger partial charge >= 0.3 is 0 Å². The minimum atomic E-state index is -0.112. The molecular formula is C19H24N4O3. The second-order valence-electron chi connectivity index (χ2n) is 6.35. The lowest BCUT2D eigenvalue weighted by Crippen LogP contribution is -2.29. The lowest BCUT2D eigenvalue weighted by molar-refractivity contribution is 0.249. The number of hydrogen-bond acceptors (Lipinski definition) is 6. The first-order chi connectivity index (χ1) is 12.6. The first-order valence-electron chi connectivity index (χ1n) is 8.52. The molecule has 0 unspecified atom stereocenters. The van der Waals surface area contributed by atoms with Gasteiger partial charge in [0.25, 0.3) is 0 Å². The summed E-state index contributed by atoms with van der Waals surface area (Å²) in [7, 11) is 3.21. The number of hydrogen-bond donors (Lipinski definition) is 2. The number of nitrogens with one attached hydrogen (secondary N) is 1. The van der Waals surface area contributed by atoms with Gasteiger partial charge in [0.05, 0.1) is 26.9 Å². The zero-order valence-corrected chi connectivity index (χ0v) is 15.4. The molecule has 0 aliphatic rings. The van der Waals surface area contributed by atoms with Gasteiger partial charge in [-0.2, -0.15) is 5.10 Å². The van der Waals surface area contributed by atoms with E-state index in [0.29, 0.717) is 17.3 Å². The van der Waals surface area contributed by atoms with E-state index in [1.54, 1.807) is 24.9 Å². The van der Waals surface area contributed by atoms with Crippen molar-refractivity contribution in [2.45, 2.75) is 19.9 Å². The van der Waals surface area contributed by atoms with Gasteiger partial charge in [-0.1, -0.05) is 13.8 Å². The van der Waals surface area contributed by atoms with E-state index in [4.69, 9.17) is 9.47 Å². The van der Waals surface area contributed by atoms with Crippen molar-refractivity contribution in [2.75, 3.05) is 26.1 Å². The monoisotopic (exact) mass is 356 g/mol. The van der Waals surface area contributed by atoms with Gasteiger partial charge in [-0.25, -0.2) is 9.50 Å². The highest BCUT2D eigenvalue weighted by Gasteiger charge is 2.21. The fourth-order valence-electron chi connectivity index (χ4n) is 2.83. The third kappa shape index (κ3) is 3.30. The van der Waals surface area contributed by atoms with Crippen LogP contribution in [0, 0.1) is 5.92 Å². The Labute approximate surface area is 152 Å². The van der Waals surface area contributed by atoms with Gasteiger partial charge in [0.15, 0.2) is 23.0 Å². The topological polar surface area (TPSA) is 80.9 Å². The summed E-state index contributed by atoms with van der Waals surface area (Å²) in [5.74, 6) is 2.20. The van der Waals surface area contributed by atoms with Crippen LogP contribution in [0.1, 0.15) is 13.8 Å². The fraction of sp³-hybridized carbons (Fsp3) is 0.368. The average molecular weight is 356 g/mol. The van der Waals surface area contributed by atoms with Crippen LogP contribution >= 0.6 is 0 Å². The van der Waals surface area contributed by atoms with E-state index in [0.717, 1.165) is 16.9 Å². The van der Waals surface area contributed by atoms with Crippen LogP contribution in [0.25, 0.3) is 16.9 Å². The molecule has 3 rings (SSSR count). The summed E-state index contributed by atoms with van der Waals surface area (Å²) in [6.45, 7) is 4.13. The highest BCUT2D eigenvalue weighted by molar-refractivity contribution is 5.78. The van der Waals surface area contributed by atoms with Crippen molar-refractivity contribution in [3.63, 3.8) is 0 Å². The van der Waals surface area contributed by atoms with Crippen molar-refractivity contribution < 1.29 is 14.6 Å². The Morgan fingerprint density at radius 2 is 1.92 bits per heavy atom. The number of anilines is 1. The molecule has 2 N–H and O–H groups in total. The highest BCUT2D eigenvalue weighted by atomic mass is 16.5. The van der Waals surface area contributed by atoms with Crippen LogP contribution in [0.2, 0.25) is 0 Å². The zero-order chi connectivity index (χ0) is 18.7. The number of nitrogens with zero attached hydrogens (tertiary/aromatic N) is 3. The van der Waals surface area contributed by atoms with E-state index in [9.17, 15) is 5.11 Å². The summed E-state index contributed by atoms with van der Waals surface area (Å²) >= 11 is 0. The summed E-state index contributed by atoms with van der Waals surface area (Å²) in [5.41, 5.74) is 2.41. The molecule has 26 heavy (non-hydrogen) atoms. The van der Waals surface area contributed by atoms with Crippen molar-refractivity contribution in [1.29, 1.82) is 0 Å². The van der Waals surface area contributed by atoms with Crippen LogP contribution in [0.4, 0.5) is 5.82 Å². The largest absolute Gasteiger partial charge is 0.493 e. The molecule has 7 heteroatoms. The summed E-state index contributed by atoms with van der Waals surface area (Å²) in [6, 6.07) is 9.31. The van der Waals surface area contributed by atoms with Gasteiger partial charge in [-0.3, -0.25) is 0 Å². The van der Waals surface area contributed by atoms with E-state index < -0.39 is 0 Å². The predicted octanol–water partition coefficient (Wildman–Crippen LogP) is 2.84. The fourth-order valence-corrected chi connectivity index (χ4v) is 2.83. The number of fused-ring (bicyclic) bond motifs is 1. The van der Waals surface area contributed by atoms with Crippen molar-refractivity contribution in [2.24, 2.45) is 5.92 Å². The second kappa shape index (κ2) is 7.61. The molecule has 0 aliphatic carbocycles. The van der Waals surface area contributed by atoms with Crippen LogP contribution in [0.3, 0.4) is 0 Å². The Bertz CT molecular complexity index is 892. The summed E-state index contributed by atoms with van der Waals surface area (Å²) < 4.78 is 12.5. The van der Waals surface area contributed by atoms with E-state index in [2.05, 4.69) is 29.2 Å². The lowest BCUT2D eigenvalue weighted by Gasteiger charge is -2.20. The standard InChI is InChI=1S/C19H24N4O3/c1-12(2)14(11-24)21-19-18(23-17(22-19)6-5-9-20-23)13-7-8-15(25-3)16(10-13)26-4/h5-10,12,14,21,24H,11H2,1-4H3/t14-/m1/s1. The SMILES string of the molecule is COc1ccc(-c2c(N[C@H](CO)C(C)C)nc3cccnn23)cc1OC. The number of benzene rings is 1. The van der Waals surface area contributed by atoms with Gasteiger partial charge < -0.3 is 19.9 Å². The Kier molecular flexibility index (Phi) is 5.27. The lowest BCUT2D eigenvalue weighted by atomic mass is 10.0. The zero-order valence-electron chi connectivity index (χ0n) is 15.4. The summed E-state index contributed by atoms with van der Waals surface area (Å²) in [6.07, 6.45) is 1.72. The van der Waals surface area contributed by atoms with Crippen LogP contribution in [0.5, 0.6) is 11.5 Å². The molecule has 2 aromatic heterocycles. The summed E-state index contributed by atoms with van der Waals surface area (Å²) in [5, 5.41) is 17.5. The maximum atomic E-state index is 9.70. The first kappa shape index (κ1) is 18.0. The molecule has 0 aliphatic heterocycles. The van der Waals surface area contributed by atoms with E-state index in [-0.39, 0.29) is 18.6 Å². The number of ether oxygens (including phenoxy) is 2. The molecule has 2 heterocycles. The quantitative estimate of drug-likeness (QED) is 0.677. The second-order valence-corrected chi connectivity index (χ2v) is 6.35. The molecule has 7 nitrogen and oxygen atoms in total. The number of methoxy groups -OCH3 is 2. The van der Waals surface area contributed by atoms with Crippen LogP contribution in [-0.4, -0.2) is 46.6 Å². The highest BCUT2D eigenvalue weighted by Crippen LogP contribution is 2.35. The van der Waals surface area contributed by atoms with Crippen molar-refractivity contribution in [3.8, 4) is 22.8 Å². The van der Waals surface area contributed by atoms with Crippen molar-refractivity contribution in [3.05, 3.63) is 36.5 Å². The van der Waals surface area contributed by atoms with E-state index >= 15 is 0 Å². The Morgan fingerprint density at radius 3 is 2.58 bits per heavy atom. The van der Waals surface area contributed by atoms with Crippen molar-refractivity contribution >= 4 is 11.5 Å². The molecule has 0 amide bonds. The van der Waals surface area contributed by atoms with Crippen molar-refractivity contribution in [1.82, 2.24) is 14.6 Å². The molecule has 0 radical (unpaired) electrons. The molecule has 0 fully saturated rings. The number of imidazole rings is 1. The number of rotatable bonds is 7. The third-order valence-corrected chi connectivity index (χ3v) is 4.37. The number of aliphatic hydroxyl groups excluding tert-OH is 1. The molecule has 0 spiro atoms. The van der Waals surface area contributed by atoms with Crippen LogP contribution in [-0.2, 0) is 0 Å². The Balaban J connectivity index is 2.16. The molecular weight excluding hydrogens is 332 g/mol. The minimum absolute atomic E-state index is 0.0182. The number of aromatic nitrogens is 3. The molecule has 0 saturated carbocycles. The predicted molar refractivity (Wildman–Crippen MR) is 101 cm³/mol. The maximum Gasteiger partial charge on any atom is 0.161 e. The molecule has 0 saturated heterocycles. The normalized spacial score (nSPS) is 12.4. The summed E-state index contributed by atoms with van der Waals surface area (Å²) in [4.78, 5) is 4.66. The average Bonchev–Trinajstić information content (AvgIpc) is 3.03. The molecule has 1 aromatic carbocycles. The minimum Gasteiger partial charge on any atom is -0.493 e. The van der Waals surface area contributed by atoms with E-state index in [1.165, 1.54) is 0 Å². The van der Waals surface area contributed by atoms with Gasteiger partial charge in [-0.05, 0) is 36.2 Å². The Hall–Kier alpha value is -2.80. The maximum absolute atomic E-state index is 9.70. The molecule has 0 bridgehead atoms. The first-order valence-corrected chi connectivity index (χ1v) is 8.52. The van der Waals surface area contributed by atoms with Crippen LogP contribution < -0.4 is 14.8 Å². The Morgan fingerprint density at radius 1 is 1.15 bits per heavy atom. The third-order valence-electron chi connectivity index (χ3n) is 4.37. The van der Waals surface area contributed by atoms with E-state index in [1.807, 2.05) is 30.3 Å². The smallest absolute Gasteiger partial charge is 0.161 e. The van der Waals surface area contributed by atoms with Gasteiger partial charge in [0.1, 0.15) is 5.69 Å². The van der Waals surface area contributed by atoms with Gasteiger partial charge in [-0.15, -0.1) is 0 Å². The molecule has 1 atom stereocenters. The van der Waals surface area contributed by atoms with Crippen LogP contribution in [0.15, 0.2) is 36.5 Å². The number of aliphatic hydroxyl groups is 1. The van der Waals surface area contributed by atoms with Gasteiger partial charge in [0.2, 0.25) is 0 Å².